The van der Waals surface area contributed by atoms with Gasteiger partial charge in [0.25, 0.3) is 0 Å². The molecule has 0 fully saturated rings. The van der Waals surface area contributed by atoms with Crippen LogP contribution in [0.25, 0.3) is 0 Å². The van der Waals surface area contributed by atoms with Crippen molar-refractivity contribution in [1.29, 1.82) is 0 Å². The molecule has 15 heavy (non-hydrogen) atoms. The van der Waals surface area contributed by atoms with Crippen molar-refractivity contribution in [3.05, 3.63) is 28.8 Å². The zero-order valence-corrected chi connectivity index (χ0v) is 9.30. The number of ketones is 1. The van der Waals surface area contributed by atoms with Gasteiger partial charge in [-0.2, -0.15) is 0 Å². The summed E-state index contributed by atoms with van der Waals surface area (Å²) in [6.07, 6.45) is 0.697. The standard InChI is InChI=1S/C11H11ClO3/c1-7-8(6-13)3-9(15-2)4-10(7)11(14)5-12/h3-4,6H,5H2,1-2H3. The van der Waals surface area contributed by atoms with Gasteiger partial charge in [-0.25, -0.2) is 0 Å². The second-order valence-corrected chi connectivity index (χ2v) is 3.33. The number of methoxy groups -OCH3 is 1. The van der Waals surface area contributed by atoms with Crippen molar-refractivity contribution in [3.8, 4) is 5.75 Å². The van der Waals surface area contributed by atoms with E-state index in [1.165, 1.54) is 7.11 Å². The van der Waals surface area contributed by atoms with Gasteiger partial charge in [-0.3, -0.25) is 9.59 Å². The van der Waals surface area contributed by atoms with Gasteiger partial charge in [0.05, 0.1) is 13.0 Å². The fraction of sp³-hybridized carbons (Fsp3) is 0.273. The molecule has 4 heteroatoms. The first-order valence-electron chi connectivity index (χ1n) is 4.37. The molecule has 0 saturated carbocycles. The molecule has 0 unspecified atom stereocenters. The van der Waals surface area contributed by atoms with Crippen LogP contribution in [0.3, 0.4) is 0 Å². The highest BCUT2D eigenvalue weighted by atomic mass is 35.5. The lowest BCUT2D eigenvalue weighted by Crippen LogP contribution is -2.06. The fourth-order valence-corrected chi connectivity index (χ4v) is 1.46. The largest absolute Gasteiger partial charge is 0.497 e. The lowest BCUT2D eigenvalue weighted by atomic mass is 10.00. The highest BCUT2D eigenvalue weighted by molar-refractivity contribution is 6.30. The van der Waals surface area contributed by atoms with Gasteiger partial charge in [0.15, 0.2) is 5.78 Å². The maximum atomic E-state index is 11.5. The first kappa shape index (κ1) is 11.7. The molecule has 0 aliphatic carbocycles. The van der Waals surface area contributed by atoms with E-state index in [9.17, 15) is 9.59 Å². The average Bonchev–Trinajstić information content (AvgIpc) is 2.28. The molecule has 3 nitrogen and oxygen atoms in total. The van der Waals surface area contributed by atoms with Gasteiger partial charge in [0, 0.05) is 11.1 Å². The van der Waals surface area contributed by atoms with Crippen LogP contribution in [0.1, 0.15) is 26.3 Å². The van der Waals surface area contributed by atoms with Crippen LogP contribution in [0.15, 0.2) is 12.1 Å². The summed E-state index contributed by atoms with van der Waals surface area (Å²) in [6, 6.07) is 3.18. The predicted octanol–water partition coefficient (Wildman–Crippen LogP) is 2.24. The summed E-state index contributed by atoms with van der Waals surface area (Å²) in [5, 5.41) is 0. The van der Waals surface area contributed by atoms with Crippen LogP contribution >= 0.6 is 11.6 Å². The Bertz CT molecular complexity index is 399. The minimum Gasteiger partial charge on any atom is -0.497 e. The molecule has 1 rings (SSSR count). The number of halogens is 1. The Morgan fingerprint density at radius 1 is 1.53 bits per heavy atom. The van der Waals surface area contributed by atoms with E-state index < -0.39 is 0 Å². The Morgan fingerprint density at radius 3 is 2.67 bits per heavy atom. The van der Waals surface area contributed by atoms with Crippen LogP contribution in [0.2, 0.25) is 0 Å². The topological polar surface area (TPSA) is 43.4 Å². The molecule has 0 aliphatic rings. The number of ether oxygens (including phenoxy) is 1. The third-order valence-corrected chi connectivity index (χ3v) is 2.45. The number of benzene rings is 1. The second kappa shape index (κ2) is 4.94. The molecule has 0 heterocycles. The summed E-state index contributed by atoms with van der Waals surface area (Å²) >= 11 is 5.47. The van der Waals surface area contributed by atoms with Crippen molar-refractivity contribution in [2.75, 3.05) is 13.0 Å². The molecule has 0 radical (unpaired) electrons. The summed E-state index contributed by atoms with van der Waals surface area (Å²) in [7, 11) is 1.48. The van der Waals surface area contributed by atoms with Gasteiger partial charge in [0.1, 0.15) is 12.0 Å². The van der Waals surface area contributed by atoms with Gasteiger partial charge in [-0.1, -0.05) is 0 Å². The van der Waals surface area contributed by atoms with Crippen molar-refractivity contribution in [2.24, 2.45) is 0 Å². The molecular formula is C11H11ClO3. The molecule has 1 aromatic carbocycles. The summed E-state index contributed by atoms with van der Waals surface area (Å²) in [5.74, 6) is 0.166. The normalized spacial score (nSPS) is 9.80. The summed E-state index contributed by atoms with van der Waals surface area (Å²) in [4.78, 5) is 22.2. The number of alkyl halides is 1. The molecule has 0 atom stereocenters. The molecule has 0 saturated heterocycles. The van der Waals surface area contributed by atoms with Crippen molar-refractivity contribution in [2.45, 2.75) is 6.92 Å². The third-order valence-electron chi connectivity index (χ3n) is 2.21. The number of Topliss-reactive ketones (excluding diaryl/α,β-unsaturated/α-hetero) is 1. The van der Waals surface area contributed by atoms with Gasteiger partial charge in [0.2, 0.25) is 0 Å². The van der Waals surface area contributed by atoms with Gasteiger partial charge < -0.3 is 4.74 Å². The molecule has 0 spiro atoms. The van der Waals surface area contributed by atoms with E-state index in [1.807, 2.05) is 0 Å². The average molecular weight is 227 g/mol. The fourth-order valence-electron chi connectivity index (χ4n) is 1.31. The molecule has 0 bridgehead atoms. The van der Waals surface area contributed by atoms with Crippen LogP contribution in [0.5, 0.6) is 5.75 Å². The minimum atomic E-state index is -0.212. The highest BCUT2D eigenvalue weighted by Gasteiger charge is 2.13. The lowest BCUT2D eigenvalue weighted by Gasteiger charge is -2.08. The highest BCUT2D eigenvalue weighted by Crippen LogP contribution is 2.21. The van der Waals surface area contributed by atoms with Crippen molar-refractivity contribution in [1.82, 2.24) is 0 Å². The predicted molar refractivity (Wildman–Crippen MR) is 58.2 cm³/mol. The Morgan fingerprint density at radius 2 is 2.20 bits per heavy atom. The Kier molecular flexibility index (Phi) is 3.86. The van der Waals surface area contributed by atoms with Crippen LogP contribution in [0, 0.1) is 6.92 Å². The number of aldehydes is 1. The third kappa shape index (κ3) is 2.36. The minimum absolute atomic E-state index is 0.105. The van der Waals surface area contributed by atoms with Crippen LogP contribution < -0.4 is 4.74 Å². The number of carbonyl (C=O) groups excluding carboxylic acids is 2. The molecule has 0 aliphatic heterocycles. The Hall–Kier alpha value is -1.35. The van der Waals surface area contributed by atoms with E-state index in [2.05, 4.69) is 0 Å². The zero-order valence-electron chi connectivity index (χ0n) is 8.54. The quantitative estimate of drug-likeness (QED) is 0.449. The van der Waals surface area contributed by atoms with Crippen molar-refractivity contribution >= 4 is 23.7 Å². The van der Waals surface area contributed by atoms with E-state index in [-0.39, 0.29) is 11.7 Å². The zero-order chi connectivity index (χ0) is 11.4. The summed E-state index contributed by atoms with van der Waals surface area (Å²) < 4.78 is 4.99. The molecular weight excluding hydrogens is 216 g/mol. The number of carbonyl (C=O) groups is 2. The maximum Gasteiger partial charge on any atom is 0.178 e. The van der Waals surface area contributed by atoms with E-state index in [4.69, 9.17) is 16.3 Å². The molecule has 0 aromatic heterocycles. The first-order chi connectivity index (χ1) is 7.13. The second-order valence-electron chi connectivity index (χ2n) is 3.06. The molecule has 1 aromatic rings. The van der Waals surface area contributed by atoms with Gasteiger partial charge >= 0.3 is 0 Å². The van der Waals surface area contributed by atoms with Gasteiger partial charge in [-0.15, -0.1) is 11.6 Å². The lowest BCUT2D eigenvalue weighted by molar-refractivity contribution is 0.102. The number of rotatable bonds is 4. The maximum absolute atomic E-state index is 11.5. The van der Waals surface area contributed by atoms with Crippen LogP contribution in [-0.2, 0) is 0 Å². The van der Waals surface area contributed by atoms with Crippen molar-refractivity contribution in [3.63, 3.8) is 0 Å². The van der Waals surface area contributed by atoms with E-state index in [0.29, 0.717) is 28.7 Å². The van der Waals surface area contributed by atoms with Crippen LogP contribution in [0.4, 0.5) is 0 Å². The van der Waals surface area contributed by atoms with Crippen LogP contribution in [-0.4, -0.2) is 25.1 Å². The number of hydrogen-bond donors (Lipinski definition) is 0. The monoisotopic (exact) mass is 226 g/mol. The molecule has 0 N–H and O–H groups in total. The van der Waals surface area contributed by atoms with Gasteiger partial charge in [-0.05, 0) is 24.6 Å². The van der Waals surface area contributed by atoms with E-state index >= 15 is 0 Å². The van der Waals surface area contributed by atoms with Crippen molar-refractivity contribution < 1.29 is 14.3 Å². The Balaban J connectivity index is 3.36. The smallest absolute Gasteiger partial charge is 0.178 e. The van der Waals surface area contributed by atoms with E-state index in [1.54, 1.807) is 19.1 Å². The molecule has 0 amide bonds. The summed E-state index contributed by atoms with van der Waals surface area (Å²) in [5.41, 5.74) is 1.52. The summed E-state index contributed by atoms with van der Waals surface area (Å²) in [6.45, 7) is 1.71. The number of hydrogen-bond acceptors (Lipinski definition) is 3. The van der Waals surface area contributed by atoms with E-state index in [0.717, 1.165) is 0 Å². The SMILES string of the molecule is COc1cc(C=O)c(C)c(C(=O)CCl)c1. The molecule has 80 valence electrons. The first-order valence-corrected chi connectivity index (χ1v) is 4.90. The Labute approximate surface area is 93.0 Å².